The third-order valence-electron chi connectivity index (χ3n) is 4.64. The van der Waals surface area contributed by atoms with Crippen LogP contribution in [0.4, 0.5) is 5.69 Å². The van der Waals surface area contributed by atoms with Crippen molar-refractivity contribution in [2.24, 2.45) is 0 Å². The number of aryl methyl sites for hydroxylation is 4. The number of benzene rings is 2. The molecule has 2 aromatic heterocycles. The molecule has 0 aliphatic carbocycles. The van der Waals surface area contributed by atoms with E-state index >= 15 is 0 Å². The van der Waals surface area contributed by atoms with E-state index in [1.807, 2.05) is 25.1 Å². The van der Waals surface area contributed by atoms with Gasteiger partial charge in [-0.15, -0.1) is 0 Å². The van der Waals surface area contributed by atoms with E-state index in [2.05, 4.69) is 51.2 Å². The molecular formula is C20H21N5O. The number of anilines is 1. The Balaban J connectivity index is 1.47. The molecule has 3 N–H and O–H groups in total. The van der Waals surface area contributed by atoms with Gasteiger partial charge >= 0.3 is 0 Å². The molecular weight excluding hydrogens is 326 g/mol. The first-order chi connectivity index (χ1) is 12.5. The number of carbonyl (C=O) groups excluding carboxylic acids is 1. The van der Waals surface area contributed by atoms with Gasteiger partial charge in [0.25, 0.3) is 0 Å². The lowest BCUT2D eigenvalue weighted by atomic mass is 10.1. The number of hydrogen-bond donors (Lipinski definition) is 3. The van der Waals surface area contributed by atoms with E-state index < -0.39 is 0 Å². The van der Waals surface area contributed by atoms with Gasteiger partial charge in [-0.1, -0.05) is 6.07 Å². The second kappa shape index (κ2) is 6.29. The number of imidazole rings is 2. The molecule has 6 heteroatoms. The minimum Gasteiger partial charge on any atom is -0.342 e. The lowest BCUT2D eigenvalue weighted by Gasteiger charge is -2.05. The van der Waals surface area contributed by atoms with Gasteiger partial charge in [0.05, 0.1) is 22.2 Å². The first-order valence-corrected chi connectivity index (χ1v) is 8.70. The van der Waals surface area contributed by atoms with Crippen LogP contribution in [-0.4, -0.2) is 25.8 Å². The Bertz CT molecular complexity index is 1080. The minimum atomic E-state index is -0.0500. The summed E-state index contributed by atoms with van der Waals surface area (Å²) in [5.74, 6) is 1.61. The van der Waals surface area contributed by atoms with Crippen molar-refractivity contribution in [3.8, 4) is 0 Å². The highest BCUT2D eigenvalue weighted by Gasteiger charge is 2.11. The highest BCUT2D eigenvalue weighted by Crippen LogP contribution is 2.22. The van der Waals surface area contributed by atoms with E-state index in [0.717, 1.165) is 39.4 Å². The van der Waals surface area contributed by atoms with Crippen LogP contribution in [0.3, 0.4) is 0 Å². The Morgan fingerprint density at radius 2 is 1.85 bits per heavy atom. The van der Waals surface area contributed by atoms with E-state index in [-0.39, 0.29) is 5.91 Å². The van der Waals surface area contributed by atoms with Crippen molar-refractivity contribution < 1.29 is 4.79 Å². The zero-order valence-corrected chi connectivity index (χ0v) is 15.1. The molecule has 0 radical (unpaired) electrons. The Morgan fingerprint density at radius 1 is 1.04 bits per heavy atom. The number of amides is 1. The number of aromatic amines is 2. The van der Waals surface area contributed by atoms with Gasteiger partial charge in [-0.05, 0) is 56.2 Å². The molecule has 4 aromatic rings. The van der Waals surface area contributed by atoms with Gasteiger partial charge < -0.3 is 15.3 Å². The lowest BCUT2D eigenvalue weighted by Crippen LogP contribution is -2.13. The third-order valence-corrected chi connectivity index (χ3v) is 4.64. The van der Waals surface area contributed by atoms with Crippen LogP contribution < -0.4 is 5.32 Å². The summed E-state index contributed by atoms with van der Waals surface area (Å²) in [6.07, 6.45) is 0.922. The monoisotopic (exact) mass is 347 g/mol. The van der Waals surface area contributed by atoms with E-state index in [1.165, 1.54) is 11.1 Å². The van der Waals surface area contributed by atoms with Crippen LogP contribution >= 0.6 is 0 Å². The Labute approximate surface area is 151 Å². The molecule has 0 aliphatic rings. The Morgan fingerprint density at radius 3 is 2.69 bits per heavy atom. The number of carbonyl (C=O) groups is 1. The van der Waals surface area contributed by atoms with Crippen molar-refractivity contribution in [2.75, 3.05) is 5.32 Å². The number of para-hydroxylation sites is 1. The van der Waals surface area contributed by atoms with E-state index in [1.54, 1.807) is 0 Å². The molecule has 0 saturated heterocycles. The van der Waals surface area contributed by atoms with Crippen LogP contribution in [0.25, 0.3) is 22.1 Å². The standard InChI is InChI=1S/C20H21N5O/c1-11-9-16-17(10-12(11)2)24-18(23-16)7-8-19(26)25-15-6-4-5-14-20(15)22-13(3)21-14/h4-6,9-10H,7-8H2,1-3H3,(H,21,22)(H,23,24)(H,25,26). The van der Waals surface area contributed by atoms with E-state index in [4.69, 9.17) is 0 Å². The predicted octanol–water partition coefficient (Wildman–Crippen LogP) is 3.94. The van der Waals surface area contributed by atoms with E-state index in [0.29, 0.717) is 12.8 Å². The molecule has 0 fully saturated rings. The number of aromatic nitrogens is 4. The lowest BCUT2D eigenvalue weighted by molar-refractivity contribution is -0.116. The highest BCUT2D eigenvalue weighted by molar-refractivity contribution is 5.99. The van der Waals surface area contributed by atoms with Gasteiger partial charge in [-0.3, -0.25) is 4.79 Å². The van der Waals surface area contributed by atoms with Crippen molar-refractivity contribution in [3.05, 3.63) is 53.1 Å². The first kappa shape index (κ1) is 16.3. The van der Waals surface area contributed by atoms with Crippen molar-refractivity contribution in [1.29, 1.82) is 0 Å². The van der Waals surface area contributed by atoms with Crippen molar-refractivity contribution in [2.45, 2.75) is 33.6 Å². The quantitative estimate of drug-likeness (QED) is 0.523. The maximum atomic E-state index is 12.4. The average molecular weight is 347 g/mol. The van der Waals surface area contributed by atoms with Crippen molar-refractivity contribution in [1.82, 2.24) is 19.9 Å². The second-order valence-electron chi connectivity index (χ2n) is 6.71. The maximum absolute atomic E-state index is 12.4. The number of rotatable bonds is 4. The van der Waals surface area contributed by atoms with E-state index in [9.17, 15) is 4.79 Å². The summed E-state index contributed by atoms with van der Waals surface area (Å²) in [4.78, 5) is 27.9. The van der Waals surface area contributed by atoms with Gasteiger partial charge in [0.1, 0.15) is 17.2 Å². The summed E-state index contributed by atoms with van der Waals surface area (Å²) in [5, 5.41) is 2.96. The molecule has 0 atom stereocenters. The average Bonchev–Trinajstić information content (AvgIpc) is 3.16. The molecule has 0 bridgehead atoms. The van der Waals surface area contributed by atoms with Gasteiger partial charge in [0, 0.05) is 12.8 Å². The van der Waals surface area contributed by atoms with Crippen LogP contribution in [0.15, 0.2) is 30.3 Å². The van der Waals surface area contributed by atoms with Gasteiger partial charge in [-0.2, -0.15) is 0 Å². The molecule has 4 rings (SSSR count). The molecule has 6 nitrogen and oxygen atoms in total. The van der Waals surface area contributed by atoms with Gasteiger partial charge in [0.2, 0.25) is 5.91 Å². The number of H-pyrrole nitrogens is 2. The summed E-state index contributed by atoms with van der Waals surface area (Å²) in [6, 6.07) is 9.89. The number of hydrogen-bond acceptors (Lipinski definition) is 3. The Kier molecular flexibility index (Phi) is 3.95. The normalized spacial score (nSPS) is 11.3. The molecule has 26 heavy (non-hydrogen) atoms. The van der Waals surface area contributed by atoms with Crippen LogP contribution in [0.5, 0.6) is 0 Å². The smallest absolute Gasteiger partial charge is 0.224 e. The van der Waals surface area contributed by atoms with Crippen molar-refractivity contribution >= 4 is 33.7 Å². The molecule has 0 saturated carbocycles. The zero-order chi connectivity index (χ0) is 18.3. The fourth-order valence-electron chi connectivity index (χ4n) is 3.14. The molecule has 2 heterocycles. The summed E-state index contributed by atoms with van der Waals surface area (Å²) in [5.41, 5.74) is 6.84. The highest BCUT2D eigenvalue weighted by atomic mass is 16.1. The van der Waals surface area contributed by atoms with Crippen LogP contribution in [0.2, 0.25) is 0 Å². The largest absolute Gasteiger partial charge is 0.342 e. The summed E-state index contributed by atoms with van der Waals surface area (Å²) in [6.45, 7) is 6.06. The minimum absolute atomic E-state index is 0.0500. The van der Waals surface area contributed by atoms with Gasteiger partial charge in [0.15, 0.2) is 0 Å². The summed E-state index contributed by atoms with van der Waals surface area (Å²) >= 11 is 0. The Hall–Kier alpha value is -3.15. The maximum Gasteiger partial charge on any atom is 0.224 e. The number of fused-ring (bicyclic) bond motifs is 2. The number of nitrogens with one attached hydrogen (secondary N) is 3. The van der Waals surface area contributed by atoms with Crippen molar-refractivity contribution in [3.63, 3.8) is 0 Å². The fraction of sp³-hybridized carbons (Fsp3) is 0.250. The summed E-state index contributed by atoms with van der Waals surface area (Å²) in [7, 11) is 0. The van der Waals surface area contributed by atoms with Crippen LogP contribution in [0, 0.1) is 20.8 Å². The molecule has 0 unspecified atom stereocenters. The fourth-order valence-corrected chi connectivity index (χ4v) is 3.14. The third kappa shape index (κ3) is 3.06. The number of nitrogens with zero attached hydrogens (tertiary/aromatic N) is 2. The first-order valence-electron chi connectivity index (χ1n) is 8.70. The molecule has 1 amide bonds. The molecule has 0 spiro atoms. The van der Waals surface area contributed by atoms with Crippen LogP contribution in [-0.2, 0) is 11.2 Å². The zero-order valence-electron chi connectivity index (χ0n) is 15.1. The topological polar surface area (TPSA) is 86.5 Å². The van der Waals surface area contributed by atoms with Gasteiger partial charge in [-0.25, -0.2) is 9.97 Å². The summed E-state index contributed by atoms with van der Waals surface area (Å²) < 4.78 is 0. The second-order valence-corrected chi connectivity index (χ2v) is 6.71. The SMILES string of the molecule is Cc1nc2c(NC(=O)CCc3nc4cc(C)c(C)cc4[nH]3)cccc2[nH]1. The molecule has 0 aliphatic heterocycles. The molecule has 132 valence electrons. The van der Waals surface area contributed by atoms with Crippen LogP contribution in [0.1, 0.15) is 29.2 Å². The predicted molar refractivity (Wildman–Crippen MR) is 103 cm³/mol. The molecule has 2 aromatic carbocycles.